The van der Waals surface area contributed by atoms with E-state index in [2.05, 4.69) is 41.3 Å². The summed E-state index contributed by atoms with van der Waals surface area (Å²) in [6.07, 6.45) is 2.45. The van der Waals surface area contributed by atoms with E-state index in [1.807, 2.05) is 54.0 Å². The molecule has 1 saturated heterocycles. The van der Waals surface area contributed by atoms with Gasteiger partial charge in [0.2, 0.25) is 0 Å². The molecule has 0 spiro atoms. The predicted octanol–water partition coefficient (Wildman–Crippen LogP) is 4.94. The molecule has 0 amide bonds. The Kier molecular flexibility index (Phi) is 4.83. The van der Waals surface area contributed by atoms with Gasteiger partial charge in [-0.15, -0.1) is 0 Å². The van der Waals surface area contributed by atoms with Gasteiger partial charge in [0.1, 0.15) is 5.82 Å². The SMILES string of the molecule is Cc1nc2cc(N3CCCC3)ccc2c(=O)n1C(c1ccccc1)c1ccccc1. The van der Waals surface area contributed by atoms with Gasteiger partial charge in [-0.05, 0) is 49.1 Å². The molecule has 0 aliphatic carbocycles. The van der Waals surface area contributed by atoms with Crippen LogP contribution in [0.25, 0.3) is 10.9 Å². The van der Waals surface area contributed by atoms with E-state index >= 15 is 0 Å². The maximum absolute atomic E-state index is 13.7. The number of aromatic nitrogens is 2. The molecule has 0 unspecified atom stereocenters. The summed E-state index contributed by atoms with van der Waals surface area (Å²) in [5.41, 5.74) is 4.08. The Morgan fingerprint density at radius 1 is 0.833 bits per heavy atom. The lowest BCUT2D eigenvalue weighted by Crippen LogP contribution is -2.29. The molecule has 1 fully saturated rings. The molecule has 0 atom stereocenters. The van der Waals surface area contributed by atoms with E-state index in [-0.39, 0.29) is 11.6 Å². The van der Waals surface area contributed by atoms with Crippen LogP contribution in [0, 0.1) is 6.92 Å². The molecule has 3 aromatic carbocycles. The van der Waals surface area contributed by atoms with Gasteiger partial charge in [0.15, 0.2) is 0 Å². The molecule has 30 heavy (non-hydrogen) atoms. The highest BCUT2D eigenvalue weighted by atomic mass is 16.1. The lowest BCUT2D eigenvalue weighted by atomic mass is 9.98. The highest BCUT2D eigenvalue weighted by Gasteiger charge is 2.22. The fraction of sp³-hybridized carbons (Fsp3) is 0.231. The second-order valence-electron chi connectivity index (χ2n) is 7.95. The second kappa shape index (κ2) is 7.79. The Hall–Kier alpha value is -3.40. The number of nitrogens with zero attached hydrogens (tertiary/aromatic N) is 3. The molecular weight excluding hydrogens is 370 g/mol. The zero-order chi connectivity index (χ0) is 20.5. The van der Waals surface area contributed by atoms with Crippen LogP contribution in [-0.2, 0) is 0 Å². The Bertz CT molecular complexity index is 1190. The molecule has 0 saturated carbocycles. The molecule has 4 nitrogen and oxygen atoms in total. The number of anilines is 1. The van der Waals surface area contributed by atoms with Crippen molar-refractivity contribution in [2.75, 3.05) is 18.0 Å². The van der Waals surface area contributed by atoms with Gasteiger partial charge in [-0.1, -0.05) is 60.7 Å². The van der Waals surface area contributed by atoms with Crippen molar-refractivity contribution in [3.63, 3.8) is 0 Å². The summed E-state index contributed by atoms with van der Waals surface area (Å²) < 4.78 is 1.84. The summed E-state index contributed by atoms with van der Waals surface area (Å²) in [6.45, 7) is 4.08. The molecule has 4 heteroatoms. The van der Waals surface area contributed by atoms with Gasteiger partial charge in [-0.3, -0.25) is 9.36 Å². The van der Waals surface area contributed by atoms with Crippen molar-refractivity contribution in [1.29, 1.82) is 0 Å². The molecule has 5 rings (SSSR count). The third kappa shape index (κ3) is 3.28. The van der Waals surface area contributed by atoms with Gasteiger partial charge in [0.25, 0.3) is 5.56 Å². The Morgan fingerprint density at radius 3 is 2.03 bits per heavy atom. The van der Waals surface area contributed by atoms with Gasteiger partial charge in [0.05, 0.1) is 16.9 Å². The van der Waals surface area contributed by atoms with Crippen molar-refractivity contribution < 1.29 is 0 Å². The van der Waals surface area contributed by atoms with E-state index in [9.17, 15) is 4.79 Å². The minimum Gasteiger partial charge on any atom is -0.371 e. The fourth-order valence-electron chi connectivity index (χ4n) is 4.54. The van der Waals surface area contributed by atoms with E-state index in [0.29, 0.717) is 5.39 Å². The summed E-state index contributed by atoms with van der Waals surface area (Å²) in [7, 11) is 0. The third-order valence-corrected chi connectivity index (χ3v) is 6.02. The molecule has 1 aromatic heterocycles. The van der Waals surface area contributed by atoms with Crippen LogP contribution in [0.15, 0.2) is 83.7 Å². The first-order valence-corrected chi connectivity index (χ1v) is 10.6. The van der Waals surface area contributed by atoms with Crippen LogP contribution in [-0.4, -0.2) is 22.6 Å². The molecule has 1 aliphatic rings. The number of hydrogen-bond acceptors (Lipinski definition) is 3. The van der Waals surface area contributed by atoms with Crippen LogP contribution in [0.3, 0.4) is 0 Å². The minimum absolute atomic E-state index is 0.00294. The lowest BCUT2D eigenvalue weighted by molar-refractivity contribution is 0.620. The summed E-state index contributed by atoms with van der Waals surface area (Å²) in [5, 5.41) is 0.667. The van der Waals surface area contributed by atoms with E-state index in [0.717, 1.165) is 41.2 Å². The van der Waals surface area contributed by atoms with Crippen molar-refractivity contribution in [2.45, 2.75) is 25.8 Å². The largest absolute Gasteiger partial charge is 0.371 e. The molecule has 150 valence electrons. The first-order valence-electron chi connectivity index (χ1n) is 10.6. The van der Waals surface area contributed by atoms with E-state index in [1.54, 1.807) is 0 Å². The average Bonchev–Trinajstić information content (AvgIpc) is 3.32. The molecule has 0 radical (unpaired) electrons. The van der Waals surface area contributed by atoms with Gasteiger partial charge in [0, 0.05) is 18.8 Å². The topological polar surface area (TPSA) is 38.1 Å². The minimum atomic E-state index is -0.213. The molecular formula is C26H25N3O. The molecule has 1 aliphatic heterocycles. The van der Waals surface area contributed by atoms with Crippen LogP contribution in [0.4, 0.5) is 5.69 Å². The summed E-state index contributed by atoms with van der Waals surface area (Å²) in [6, 6.07) is 26.2. The van der Waals surface area contributed by atoms with Gasteiger partial charge < -0.3 is 4.90 Å². The normalized spacial score (nSPS) is 14.0. The van der Waals surface area contributed by atoms with Crippen molar-refractivity contribution in [3.8, 4) is 0 Å². The summed E-state index contributed by atoms with van der Waals surface area (Å²) >= 11 is 0. The lowest BCUT2D eigenvalue weighted by Gasteiger charge is -2.24. The standard InChI is InChI=1S/C26H25N3O/c1-19-27-24-18-22(28-16-8-9-17-28)14-15-23(24)26(30)29(19)25(20-10-4-2-5-11-20)21-12-6-3-7-13-21/h2-7,10-15,18,25H,8-9,16-17H2,1H3. The average molecular weight is 396 g/mol. The van der Waals surface area contributed by atoms with Crippen molar-refractivity contribution in [2.24, 2.45) is 0 Å². The predicted molar refractivity (Wildman–Crippen MR) is 122 cm³/mol. The molecule has 0 N–H and O–H groups in total. The highest BCUT2D eigenvalue weighted by Crippen LogP contribution is 2.28. The maximum atomic E-state index is 13.7. The van der Waals surface area contributed by atoms with Crippen LogP contribution in [0.5, 0.6) is 0 Å². The Morgan fingerprint density at radius 2 is 1.43 bits per heavy atom. The van der Waals surface area contributed by atoms with Crippen molar-refractivity contribution >= 4 is 16.6 Å². The number of aryl methyl sites for hydroxylation is 1. The summed E-state index contributed by atoms with van der Waals surface area (Å²) in [5.74, 6) is 0.726. The van der Waals surface area contributed by atoms with E-state index in [1.165, 1.54) is 12.8 Å². The Labute approximate surface area is 176 Å². The first kappa shape index (κ1) is 18.6. The van der Waals surface area contributed by atoms with Crippen molar-refractivity contribution in [1.82, 2.24) is 9.55 Å². The van der Waals surface area contributed by atoms with Gasteiger partial charge in [-0.2, -0.15) is 0 Å². The van der Waals surface area contributed by atoms with Crippen LogP contribution < -0.4 is 10.5 Å². The maximum Gasteiger partial charge on any atom is 0.262 e. The quantitative estimate of drug-likeness (QED) is 0.491. The third-order valence-electron chi connectivity index (χ3n) is 6.02. The monoisotopic (exact) mass is 395 g/mol. The number of benzene rings is 3. The number of fused-ring (bicyclic) bond motifs is 1. The Balaban J connectivity index is 1.70. The van der Waals surface area contributed by atoms with Crippen molar-refractivity contribution in [3.05, 3.63) is 106 Å². The number of rotatable bonds is 4. The molecule has 0 bridgehead atoms. The zero-order valence-corrected chi connectivity index (χ0v) is 17.2. The van der Waals surface area contributed by atoms with Gasteiger partial charge >= 0.3 is 0 Å². The highest BCUT2D eigenvalue weighted by molar-refractivity contribution is 5.82. The fourth-order valence-corrected chi connectivity index (χ4v) is 4.54. The first-order chi connectivity index (χ1) is 14.7. The molecule has 2 heterocycles. The summed E-state index contributed by atoms with van der Waals surface area (Å²) in [4.78, 5) is 20.9. The smallest absolute Gasteiger partial charge is 0.262 e. The zero-order valence-electron chi connectivity index (χ0n) is 17.2. The van der Waals surface area contributed by atoms with E-state index in [4.69, 9.17) is 4.98 Å². The van der Waals surface area contributed by atoms with Crippen LogP contribution >= 0.6 is 0 Å². The van der Waals surface area contributed by atoms with E-state index < -0.39 is 0 Å². The van der Waals surface area contributed by atoms with Crippen LogP contribution in [0.2, 0.25) is 0 Å². The second-order valence-corrected chi connectivity index (χ2v) is 7.95. The number of hydrogen-bond donors (Lipinski definition) is 0. The van der Waals surface area contributed by atoms with Crippen LogP contribution in [0.1, 0.15) is 35.8 Å². The molecule has 4 aromatic rings. The van der Waals surface area contributed by atoms with Gasteiger partial charge in [-0.25, -0.2) is 4.98 Å².